The quantitative estimate of drug-likeness (QED) is 0.401. The van der Waals surface area contributed by atoms with E-state index in [1.54, 1.807) is 35.3 Å². The largest absolute Gasteiger partial charge is 0.470 e. The van der Waals surface area contributed by atoms with Crippen LogP contribution in [0, 0.1) is 12.7 Å². The van der Waals surface area contributed by atoms with E-state index >= 15 is 0 Å². The summed E-state index contributed by atoms with van der Waals surface area (Å²) in [7, 11) is 0. The second-order valence-electron chi connectivity index (χ2n) is 7.06. The van der Waals surface area contributed by atoms with Crippen molar-refractivity contribution in [3.8, 4) is 5.75 Å². The Bertz CT molecular complexity index is 1270. The van der Waals surface area contributed by atoms with Crippen molar-refractivity contribution in [2.24, 2.45) is 0 Å². The van der Waals surface area contributed by atoms with Gasteiger partial charge in [0.25, 0.3) is 5.91 Å². The van der Waals surface area contributed by atoms with Crippen molar-refractivity contribution in [3.63, 3.8) is 0 Å². The number of hydrogen-bond donors (Lipinski definition) is 1. The Labute approximate surface area is 193 Å². The molecule has 0 saturated carbocycles. The predicted molar refractivity (Wildman–Crippen MR) is 120 cm³/mol. The predicted octanol–water partition coefficient (Wildman–Crippen LogP) is 5.17. The fraction of sp³-hybridized carbons (Fsp3) is 0.136. The SMILES string of the molecule is Cc1ccc(Cl)c(OCn2ccc(C(=O)Nc3cnn(Cc4ccc(F)cc4Cl)c3)n2)c1. The number of aromatic nitrogens is 4. The lowest BCUT2D eigenvalue weighted by atomic mass is 10.2. The first-order valence-corrected chi connectivity index (χ1v) is 10.3. The third-order valence-corrected chi connectivity index (χ3v) is 5.21. The van der Waals surface area contributed by atoms with Crippen LogP contribution in [0.4, 0.5) is 10.1 Å². The second-order valence-corrected chi connectivity index (χ2v) is 7.88. The molecule has 0 aliphatic heterocycles. The van der Waals surface area contributed by atoms with Crippen molar-refractivity contribution >= 4 is 34.8 Å². The Balaban J connectivity index is 1.35. The van der Waals surface area contributed by atoms with E-state index < -0.39 is 11.7 Å². The number of amides is 1. The molecular weight excluding hydrogens is 456 g/mol. The van der Waals surface area contributed by atoms with Gasteiger partial charge in [0, 0.05) is 17.4 Å². The van der Waals surface area contributed by atoms with E-state index in [1.165, 1.54) is 23.0 Å². The first-order chi connectivity index (χ1) is 15.4. The highest BCUT2D eigenvalue weighted by molar-refractivity contribution is 6.32. The lowest BCUT2D eigenvalue weighted by Crippen LogP contribution is -2.14. The number of nitrogens with zero attached hydrogens (tertiary/aromatic N) is 4. The monoisotopic (exact) mass is 473 g/mol. The lowest BCUT2D eigenvalue weighted by molar-refractivity contribution is 0.102. The molecule has 0 unspecified atom stereocenters. The van der Waals surface area contributed by atoms with Crippen LogP contribution in [0.15, 0.2) is 61.1 Å². The van der Waals surface area contributed by atoms with E-state index in [-0.39, 0.29) is 12.4 Å². The summed E-state index contributed by atoms with van der Waals surface area (Å²) in [4.78, 5) is 12.5. The molecule has 7 nitrogen and oxygen atoms in total. The molecule has 0 fully saturated rings. The van der Waals surface area contributed by atoms with Gasteiger partial charge in [-0.25, -0.2) is 9.07 Å². The Kier molecular flexibility index (Phi) is 6.43. The van der Waals surface area contributed by atoms with Gasteiger partial charge in [0.2, 0.25) is 0 Å². The van der Waals surface area contributed by atoms with E-state index in [0.29, 0.717) is 33.6 Å². The highest BCUT2D eigenvalue weighted by Gasteiger charge is 2.12. The van der Waals surface area contributed by atoms with Gasteiger partial charge in [-0.15, -0.1) is 0 Å². The maximum atomic E-state index is 13.2. The molecule has 2 heterocycles. The number of benzene rings is 2. The molecule has 4 aromatic rings. The van der Waals surface area contributed by atoms with Gasteiger partial charge in [0.1, 0.15) is 11.6 Å². The molecule has 0 radical (unpaired) electrons. The summed E-state index contributed by atoms with van der Waals surface area (Å²) in [6.45, 7) is 2.38. The molecule has 4 rings (SSSR count). The van der Waals surface area contributed by atoms with Crippen LogP contribution in [-0.4, -0.2) is 25.5 Å². The van der Waals surface area contributed by atoms with Crippen LogP contribution in [0.5, 0.6) is 5.75 Å². The molecule has 1 amide bonds. The third-order valence-electron chi connectivity index (χ3n) is 4.55. The normalized spacial score (nSPS) is 10.9. The van der Waals surface area contributed by atoms with Gasteiger partial charge in [0.15, 0.2) is 12.4 Å². The molecule has 164 valence electrons. The molecule has 10 heteroatoms. The molecule has 0 aliphatic carbocycles. The van der Waals surface area contributed by atoms with Crippen LogP contribution in [0.2, 0.25) is 10.0 Å². The molecule has 2 aromatic heterocycles. The number of aryl methyl sites for hydroxylation is 1. The van der Waals surface area contributed by atoms with Crippen molar-refractivity contribution in [3.05, 3.63) is 93.7 Å². The topological polar surface area (TPSA) is 74.0 Å². The van der Waals surface area contributed by atoms with Gasteiger partial charge in [0.05, 0.1) is 23.5 Å². The minimum atomic E-state index is -0.404. The molecule has 0 aliphatic rings. The molecule has 0 atom stereocenters. The average molecular weight is 474 g/mol. The fourth-order valence-corrected chi connectivity index (χ4v) is 3.34. The summed E-state index contributed by atoms with van der Waals surface area (Å²) < 4.78 is 22.0. The average Bonchev–Trinajstić information content (AvgIpc) is 3.40. The summed E-state index contributed by atoms with van der Waals surface area (Å²) in [5, 5.41) is 12.0. The number of anilines is 1. The molecule has 0 bridgehead atoms. The molecule has 1 N–H and O–H groups in total. The summed E-state index contributed by atoms with van der Waals surface area (Å²) in [5.41, 5.74) is 2.44. The summed E-state index contributed by atoms with van der Waals surface area (Å²) >= 11 is 12.2. The highest BCUT2D eigenvalue weighted by atomic mass is 35.5. The minimum Gasteiger partial charge on any atom is -0.470 e. The van der Waals surface area contributed by atoms with Crippen molar-refractivity contribution in [1.29, 1.82) is 0 Å². The van der Waals surface area contributed by atoms with E-state index in [2.05, 4.69) is 15.5 Å². The van der Waals surface area contributed by atoms with Gasteiger partial charge in [-0.3, -0.25) is 9.48 Å². The van der Waals surface area contributed by atoms with Crippen LogP contribution in [0.3, 0.4) is 0 Å². The summed E-state index contributed by atoms with van der Waals surface area (Å²) in [5.74, 6) is -0.252. The number of rotatable bonds is 7. The van der Waals surface area contributed by atoms with E-state index in [1.807, 2.05) is 19.1 Å². The number of nitrogens with one attached hydrogen (secondary N) is 1. The Morgan fingerprint density at radius 3 is 2.78 bits per heavy atom. The number of ether oxygens (including phenoxy) is 1. The van der Waals surface area contributed by atoms with Crippen LogP contribution >= 0.6 is 23.2 Å². The number of carbonyl (C=O) groups excluding carboxylic acids is 1. The molecule has 32 heavy (non-hydrogen) atoms. The standard InChI is InChI=1S/C22H18Cl2FN5O2/c1-14-2-5-18(23)21(8-14)32-13-29-7-6-20(28-29)22(31)27-17-10-26-30(12-17)11-15-3-4-16(25)9-19(15)24/h2-10,12H,11,13H2,1H3,(H,27,31). The van der Waals surface area contributed by atoms with Crippen molar-refractivity contribution in [2.75, 3.05) is 5.32 Å². The Morgan fingerprint density at radius 1 is 1.12 bits per heavy atom. The molecule has 0 spiro atoms. The van der Waals surface area contributed by atoms with Crippen molar-refractivity contribution in [1.82, 2.24) is 19.6 Å². The second kappa shape index (κ2) is 9.42. The molecule has 0 saturated heterocycles. The van der Waals surface area contributed by atoms with Crippen LogP contribution < -0.4 is 10.1 Å². The van der Waals surface area contributed by atoms with E-state index in [0.717, 1.165) is 5.56 Å². The van der Waals surface area contributed by atoms with Crippen molar-refractivity contribution < 1.29 is 13.9 Å². The highest BCUT2D eigenvalue weighted by Crippen LogP contribution is 2.25. The Hall–Kier alpha value is -3.36. The first kappa shape index (κ1) is 21.9. The zero-order chi connectivity index (χ0) is 22.7. The zero-order valence-corrected chi connectivity index (χ0v) is 18.4. The minimum absolute atomic E-state index is 0.104. The van der Waals surface area contributed by atoms with Gasteiger partial charge in [-0.1, -0.05) is 35.3 Å². The van der Waals surface area contributed by atoms with Gasteiger partial charge < -0.3 is 10.1 Å². The van der Waals surface area contributed by atoms with Gasteiger partial charge in [-0.05, 0) is 48.4 Å². The number of carbonyl (C=O) groups is 1. The number of halogens is 3. The first-order valence-electron chi connectivity index (χ1n) is 9.57. The summed E-state index contributed by atoms with van der Waals surface area (Å²) in [6.07, 6.45) is 4.80. The van der Waals surface area contributed by atoms with Gasteiger partial charge >= 0.3 is 0 Å². The van der Waals surface area contributed by atoms with Crippen LogP contribution in [0.1, 0.15) is 21.6 Å². The smallest absolute Gasteiger partial charge is 0.276 e. The van der Waals surface area contributed by atoms with E-state index in [4.69, 9.17) is 27.9 Å². The summed E-state index contributed by atoms with van der Waals surface area (Å²) in [6, 6.07) is 11.2. The zero-order valence-electron chi connectivity index (χ0n) is 16.9. The molecular formula is C22H18Cl2FN5O2. The van der Waals surface area contributed by atoms with Crippen molar-refractivity contribution in [2.45, 2.75) is 20.2 Å². The van der Waals surface area contributed by atoms with Crippen LogP contribution in [-0.2, 0) is 13.3 Å². The Morgan fingerprint density at radius 2 is 1.97 bits per heavy atom. The molecule has 2 aromatic carbocycles. The van der Waals surface area contributed by atoms with E-state index in [9.17, 15) is 9.18 Å². The van der Waals surface area contributed by atoms with Crippen LogP contribution in [0.25, 0.3) is 0 Å². The lowest BCUT2D eigenvalue weighted by Gasteiger charge is -2.08. The fourth-order valence-electron chi connectivity index (χ4n) is 2.95. The maximum absolute atomic E-state index is 13.2. The third kappa shape index (κ3) is 5.27. The maximum Gasteiger partial charge on any atom is 0.276 e. The van der Waals surface area contributed by atoms with Gasteiger partial charge in [-0.2, -0.15) is 10.2 Å². The number of hydrogen-bond acceptors (Lipinski definition) is 4.